The molecule has 2 aliphatic rings. The Hall–Kier alpha value is -6.52. The van der Waals surface area contributed by atoms with Crippen LogP contribution in [-0.2, 0) is 33.3 Å². The maximum atomic E-state index is 13.3. The van der Waals surface area contributed by atoms with Crippen LogP contribution in [0.4, 0.5) is 0 Å². The first-order valence-electron chi connectivity index (χ1n) is 19.5. The van der Waals surface area contributed by atoms with Gasteiger partial charge in [-0.3, -0.25) is 9.59 Å². The summed E-state index contributed by atoms with van der Waals surface area (Å²) in [5, 5.41) is 0. The Morgan fingerprint density at radius 1 is 0.357 bits per heavy atom. The van der Waals surface area contributed by atoms with E-state index in [2.05, 4.69) is 121 Å². The molecule has 2 aliphatic carbocycles. The fourth-order valence-electron chi connectivity index (χ4n) is 9.37. The predicted molar refractivity (Wildman–Crippen MR) is 222 cm³/mol. The third-order valence-corrected chi connectivity index (χ3v) is 11.8. The molecule has 0 N–H and O–H groups in total. The van der Waals surface area contributed by atoms with Gasteiger partial charge in [0.25, 0.3) is 0 Å². The number of ether oxygens (including phenoxy) is 2. The molecule has 56 heavy (non-hydrogen) atoms. The van der Waals surface area contributed by atoms with E-state index in [-0.39, 0.29) is 24.8 Å². The predicted octanol–water partition coefficient (Wildman–Crippen LogP) is 11.5. The molecule has 0 unspecified atom stereocenters. The number of esters is 2. The van der Waals surface area contributed by atoms with Crippen LogP contribution in [0.3, 0.4) is 0 Å². The number of rotatable bonds is 12. The van der Waals surface area contributed by atoms with Gasteiger partial charge in [0.1, 0.15) is 11.5 Å². The topological polar surface area (TPSA) is 52.6 Å². The van der Waals surface area contributed by atoms with Gasteiger partial charge in [-0.05, 0) is 106 Å². The SMILES string of the molecule is O=C(CCC1(Cc2ccc(CC3(CCC(=O)Oc4ccccc4)c4ccccc4-c4ccccc43)cc2)c2ccccc2-c2ccccc21)Oc1ccccc1. The first-order chi connectivity index (χ1) is 27.5. The summed E-state index contributed by atoms with van der Waals surface area (Å²) < 4.78 is 11.6. The smallest absolute Gasteiger partial charge is 0.311 e. The van der Waals surface area contributed by atoms with Crippen molar-refractivity contribution in [2.75, 3.05) is 0 Å². The normalized spacial score (nSPS) is 13.9. The van der Waals surface area contributed by atoms with Crippen LogP contribution in [0.15, 0.2) is 182 Å². The Kier molecular flexibility index (Phi) is 9.40. The molecule has 0 aromatic heterocycles. The zero-order valence-corrected chi connectivity index (χ0v) is 31.2. The molecule has 0 saturated heterocycles. The second kappa shape index (κ2) is 15.0. The van der Waals surface area contributed by atoms with Gasteiger partial charge in [-0.2, -0.15) is 0 Å². The van der Waals surface area contributed by atoms with E-state index in [4.69, 9.17) is 9.47 Å². The fourth-order valence-corrected chi connectivity index (χ4v) is 9.37. The van der Waals surface area contributed by atoms with Crippen LogP contribution in [0.25, 0.3) is 22.3 Å². The number of fused-ring (bicyclic) bond motifs is 6. The van der Waals surface area contributed by atoms with E-state index in [0.717, 1.165) is 12.8 Å². The van der Waals surface area contributed by atoms with Crippen LogP contribution in [0, 0.1) is 0 Å². The van der Waals surface area contributed by atoms with Gasteiger partial charge in [0.15, 0.2) is 0 Å². The van der Waals surface area contributed by atoms with E-state index in [0.29, 0.717) is 24.3 Å². The molecule has 0 atom stereocenters. The van der Waals surface area contributed by atoms with Crippen LogP contribution >= 0.6 is 0 Å². The number of para-hydroxylation sites is 2. The summed E-state index contributed by atoms with van der Waals surface area (Å²) in [6, 6.07) is 62.2. The van der Waals surface area contributed by atoms with Gasteiger partial charge < -0.3 is 9.47 Å². The Morgan fingerprint density at radius 2 is 0.643 bits per heavy atom. The summed E-state index contributed by atoms with van der Waals surface area (Å²) in [5.74, 6) is 0.658. The molecule has 0 radical (unpaired) electrons. The Morgan fingerprint density at radius 3 is 0.964 bits per heavy atom. The monoisotopic (exact) mass is 730 g/mol. The number of carbonyl (C=O) groups is 2. The van der Waals surface area contributed by atoms with Crippen LogP contribution < -0.4 is 9.47 Å². The summed E-state index contributed by atoms with van der Waals surface area (Å²) in [7, 11) is 0. The molecule has 0 heterocycles. The van der Waals surface area contributed by atoms with Crippen LogP contribution in [0.1, 0.15) is 59.1 Å². The average Bonchev–Trinajstić information content (AvgIpc) is 3.68. The third-order valence-electron chi connectivity index (χ3n) is 11.8. The Labute approximate surface area is 328 Å². The highest BCUT2D eigenvalue weighted by molar-refractivity contribution is 5.83. The Balaban J connectivity index is 1.03. The lowest BCUT2D eigenvalue weighted by atomic mass is 9.69. The molecule has 4 nitrogen and oxygen atoms in total. The fraction of sp³-hybridized carbons (Fsp3) is 0.154. The number of benzene rings is 7. The van der Waals surface area contributed by atoms with E-state index >= 15 is 0 Å². The molecule has 4 heteroatoms. The molecule has 0 aliphatic heterocycles. The highest BCUT2D eigenvalue weighted by atomic mass is 16.5. The van der Waals surface area contributed by atoms with Crippen molar-refractivity contribution in [2.45, 2.75) is 49.4 Å². The van der Waals surface area contributed by atoms with Gasteiger partial charge in [0.2, 0.25) is 0 Å². The summed E-state index contributed by atoms with van der Waals surface area (Å²) in [6.07, 6.45) is 3.27. The first kappa shape index (κ1) is 35.2. The van der Waals surface area contributed by atoms with E-state index in [1.807, 2.05) is 60.7 Å². The van der Waals surface area contributed by atoms with Crippen molar-refractivity contribution in [3.8, 4) is 33.8 Å². The molecular formula is C52H42O4. The van der Waals surface area contributed by atoms with Gasteiger partial charge >= 0.3 is 11.9 Å². The standard InChI is InChI=1S/C52H42O4/c53-49(55-39-15-3-1-4-16-39)31-33-51(45-23-11-7-19-41(45)42-20-8-12-24-46(42)51)35-37-27-29-38(30-28-37)36-52(34-32-50(54)56-40-17-5-2-6-18-40)47-25-13-9-21-43(47)44-22-10-14-26-48(44)52/h1-30H,31-36H2. The van der Waals surface area contributed by atoms with Crippen molar-refractivity contribution in [3.63, 3.8) is 0 Å². The van der Waals surface area contributed by atoms with Crippen LogP contribution in [0.2, 0.25) is 0 Å². The minimum Gasteiger partial charge on any atom is -0.427 e. The van der Waals surface area contributed by atoms with Crippen molar-refractivity contribution in [3.05, 3.63) is 215 Å². The van der Waals surface area contributed by atoms with Gasteiger partial charge in [-0.15, -0.1) is 0 Å². The largest absolute Gasteiger partial charge is 0.427 e. The van der Waals surface area contributed by atoms with E-state index in [1.54, 1.807) is 0 Å². The molecular weight excluding hydrogens is 689 g/mol. The van der Waals surface area contributed by atoms with Gasteiger partial charge in [-0.25, -0.2) is 0 Å². The molecule has 7 aromatic carbocycles. The summed E-state index contributed by atoms with van der Waals surface area (Å²) in [4.78, 5) is 26.7. The van der Waals surface area contributed by atoms with E-state index in [9.17, 15) is 9.59 Å². The lowest BCUT2D eigenvalue weighted by molar-refractivity contribution is -0.135. The van der Waals surface area contributed by atoms with Crippen LogP contribution in [0.5, 0.6) is 11.5 Å². The average molecular weight is 731 g/mol. The first-order valence-corrected chi connectivity index (χ1v) is 19.5. The second-order valence-electron chi connectivity index (χ2n) is 15.1. The quantitative estimate of drug-likeness (QED) is 0.0928. The van der Waals surface area contributed by atoms with Gasteiger partial charge in [-0.1, -0.05) is 158 Å². The van der Waals surface area contributed by atoms with Gasteiger partial charge in [0.05, 0.1) is 0 Å². The molecule has 0 spiro atoms. The number of hydrogen-bond donors (Lipinski definition) is 0. The summed E-state index contributed by atoms with van der Waals surface area (Å²) in [6.45, 7) is 0. The zero-order chi connectivity index (χ0) is 38.0. The van der Waals surface area contributed by atoms with Gasteiger partial charge in [0, 0.05) is 23.7 Å². The zero-order valence-electron chi connectivity index (χ0n) is 31.2. The lowest BCUT2D eigenvalue weighted by Crippen LogP contribution is -2.30. The molecule has 0 bridgehead atoms. The molecule has 274 valence electrons. The minimum atomic E-state index is -0.409. The highest BCUT2D eigenvalue weighted by Gasteiger charge is 2.45. The highest BCUT2D eigenvalue weighted by Crippen LogP contribution is 2.54. The van der Waals surface area contributed by atoms with Crippen LogP contribution in [-0.4, -0.2) is 11.9 Å². The number of hydrogen-bond acceptors (Lipinski definition) is 4. The minimum absolute atomic E-state index is 0.233. The second-order valence-corrected chi connectivity index (χ2v) is 15.1. The molecule has 9 rings (SSSR count). The van der Waals surface area contributed by atoms with E-state index < -0.39 is 10.8 Å². The maximum Gasteiger partial charge on any atom is 0.311 e. The lowest BCUT2D eigenvalue weighted by Gasteiger charge is -2.33. The summed E-state index contributed by atoms with van der Waals surface area (Å²) >= 11 is 0. The van der Waals surface area contributed by atoms with Crippen molar-refractivity contribution >= 4 is 11.9 Å². The molecule has 0 fully saturated rings. The number of carbonyl (C=O) groups excluding carboxylic acids is 2. The van der Waals surface area contributed by atoms with Crippen molar-refractivity contribution in [1.29, 1.82) is 0 Å². The van der Waals surface area contributed by atoms with Crippen molar-refractivity contribution in [1.82, 2.24) is 0 Å². The van der Waals surface area contributed by atoms with E-state index in [1.165, 1.54) is 55.6 Å². The molecule has 0 amide bonds. The third kappa shape index (κ3) is 6.51. The maximum absolute atomic E-state index is 13.3. The van der Waals surface area contributed by atoms with Crippen molar-refractivity contribution < 1.29 is 19.1 Å². The summed E-state index contributed by atoms with van der Waals surface area (Å²) in [5.41, 5.74) is 11.5. The Bertz CT molecular complexity index is 2250. The molecule has 7 aromatic rings. The molecule has 0 saturated carbocycles. The van der Waals surface area contributed by atoms with Crippen molar-refractivity contribution in [2.24, 2.45) is 0 Å².